The predicted octanol–water partition coefficient (Wildman–Crippen LogP) is 3.21. The summed E-state index contributed by atoms with van der Waals surface area (Å²) < 4.78 is 0. The molecule has 2 heteroatoms. The number of rotatable bonds is 0. The molecule has 2 nitrogen and oxygen atoms in total. The fraction of sp³-hybridized carbons (Fsp3) is 0.364. The van der Waals surface area contributed by atoms with E-state index in [4.69, 9.17) is 0 Å². The zero-order chi connectivity index (χ0) is 9.84. The van der Waals surface area contributed by atoms with Crippen LogP contribution in [0.5, 0.6) is 0 Å². The molecule has 0 bridgehead atoms. The summed E-state index contributed by atoms with van der Waals surface area (Å²) in [5, 5.41) is 8.38. The second kappa shape index (κ2) is 4.08. The van der Waals surface area contributed by atoms with E-state index < -0.39 is 0 Å². The van der Waals surface area contributed by atoms with E-state index in [1.165, 1.54) is 10.9 Å². The fourth-order valence-electron chi connectivity index (χ4n) is 1.43. The maximum absolute atomic E-state index is 4.15. The fourth-order valence-corrected chi connectivity index (χ4v) is 1.43. The van der Waals surface area contributed by atoms with Crippen molar-refractivity contribution in [3.05, 3.63) is 29.5 Å². The number of benzene rings is 1. The van der Waals surface area contributed by atoms with Crippen LogP contribution in [0.2, 0.25) is 0 Å². The van der Waals surface area contributed by atoms with E-state index in [1.54, 1.807) is 0 Å². The molecule has 0 amide bonds. The van der Waals surface area contributed by atoms with E-state index in [-0.39, 0.29) is 0 Å². The summed E-state index contributed by atoms with van der Waals surface area (Å²) in [7, 11) is 0. The topological polar surface area (TPSA) is 28.7 Å². The number of aromatic nitrogens is 2. The minimum atomic E-state index is 1.06. The van der Waals surface area contributed by atoms with Crippen molar-refractivity contribution in [3.63, 3.8) is 0 Å². The van der Waals surface area contributed by atoms with Gasteiger partial charge in [0.1, 0.15) is 0 Å². The molecule has 0 atom stereocenters. The van der Waals surface area contributed by atoms with Crippen LogP contribution in [0.1, 0.15) is 25.1 Å². The summed E-state index contributed by atoms with van der Waals surface area (Å²) in [6.45, 7) is 8.15. The van der Waals surface area contributed by atoms with Crippen LogP contribution < -0.4 is 0 Å². The number of aromatic amines is 1. The third-order valence-electron chi connectivity index (χ3n) is 1.97. The number of hydrogen-bond donors (Lipinski definition) is 1. The van der Waals surface area contributed by atoms with Crippen LogP contribution in [0.3, 0.4) is 0 Å². The van der Waals surface area contributed by atoms with E-state index in [1.807, 2.05) is 32.9 Å². The normalized spacial score (nSPS) is 9.54. The molecule has 0 aliphatic carbocycles. The Morgan fingerprint density at radius 1 is 1.15 bits per heavy atom. The summed E-state index contributed by atoms with van der Waals surface area (Å²) >= 11 is 0. The highest BCUT2D eigenvalue weighted by molar-refractivity contribution is 5.84. The van der Waals surface area contributed by atoms with E-state index in [0.29, 0.717) is 0 Å². The predicted molar refractivity (Wildman–Crippen MR) is 56.9 cm³/mol. The standard InChI is InChI=1S/C9H10N2.C2H6/c1-6-4-3-5-8-9(6)7(2)10-11-8;1-2/h3-5H,1-2H3,(H,10,11);1-2H3. The Hall–Kier alpha value is -1.31. The number of fused-ring (bicyclic) bond motifs is 1. The molecular weight excluding hydrogens is 160 g/mol. The van der Waals surface area contributed by atoms with Gasteiger partial charge in [0.25, 0.3) is 0 Å². The Morgan fingerprint density at radius 3 is 2.46 bits per heavy atom. The van der Waals surface area contributed by atoms with E-state index >= 15 is 0 Å². The molecule has 0 unspecified atom stereocenters. The van der Waals surface area contributed by atoms with Crippen molar-refractivity contribution >= 4 is 10.9 Å². The molecule has 0 aliphatic heterocycles. The van der Waals surface area contributed by atoms with Gasteiger partial charge in [-0.25, -0.2) is 0 Å². The van der Waals surface area contributed by atoms with Gasteiger partial charge in [0, 0.05) is 11.1 Å². The lowest BCUT2D eigenvalue weighted by Gasteiger charge is -1.93. The second-order valence-corrected chi connectivity index (χ2v) is 2.82. The second-order valence-electron chi connectivity index (χ2n) is 2.82. The monoisotopic (exact) mass is 176 g/mol. The van der Waals surface area contributed by atoms with Gasteiger partial charge in [-0.2, -0.15) is 5.10 Å². The minimum absolute atomic E-state index is 1.06. The number of aryl methyl sites for hydroxylation is 2. The highest BCUT2D eigenvalue weighted by atomic mass is 15.1. The van der Waals surface area contributed by atoms with Crippen molar-refractivity contribution in [2.24, 2.45) is 0 Å². The molecule has 1 aromatic carbocycles. The van der Waals surface area contributed by atoms with Gasteiger partial charge in [-0.1, -0.05) is 26.0 Å². The van der Waals surface area contributed by atoms with Crippen LogP contribution in [-0.2, 0) is 0 Å². The van der Waals surface area contributed by atoms with Gasteiger partial charge in [0.15, 0.2) is 0 Å². The van der Waals surface area contributed by atoms with Gasteiger partial charge >= 0.3 is 0 Å². The Labute approximate surface area is 79.0 Å². The molecule has 2 aromatic rings. The molecule has 70 valence electrons. The average molecular weight is 176 g/mol. The number of hydrogen-bond acceptors (Lipinski definition) is 1. The highest BCUT2D eigenvalue weighted by Gasteiger charge is 2.01. The van der Waals surface area contributed by atoms with Crippen molar-refractivity contribution in [3.8, 4) is 0 Å². The summed E-state index contributed by atoms with van der Waals surface area (Å²) in [5.74, 6) is 0. The first-order chi connectivity index (χ1) is 6.29. The smallest absolute Gasteiger partial charge is 0.0926 e. The van der Waals surface area contributed by atoms with Crippen molar-refractivity contribution in [2.45, 2.75) is 27.7 Å². The molecule has 1 heterocycles. The lowest BCUT2D eigenvalue weighted by atomic mass is 10.1. The lowest BCUT2D eigenvalue weighted by Crippen LogP contribution is -1.75. The molecule has 0 saturated heterocycles. The van der Waals surface area contributed by atoms with Crippen molar-refractivity contribution in [1.29, 1.82) is 0 Å². The molecule has 0 fully saturated rings. The molecule has 13 heavy (non-hydrogen) atoms. The Balaban J connectivity index is 0.000000396. The van der Waals surface area contributed by atoms with Gasteiger partial charge < -0.3 is 0 Å². The van der Waals surface area contributed by atoms with Gasteiger partial charge in [0.2, 0.25) is 0 Å². The number of H-pyrrole nitrogens is 1. The minimum Gasteiger partial charge on any atom is -0.282 e. The summed E-state index contributed by atoms with van der Waals surface area (Å²) in [5.41, 5.74) is 3.49. The summed E-state index contributed by atoms with van der Waals surface area (Å²) in [6, 6.07) is 6.15. The first-order valence-corrected chi connectivity index (χ1v) is 4.69. The van der Waals surface area contributed by atoms with Crippen LogP contribution in [0.4, 0.5) is 0 Å². The average Bonchev–Trinajstić information content (AvgIpc) is 2.53. The molecule has 1 aromatic heterocycles. The lowest BCUT2D eigenvalue weighted by molar-refractivity contribution is 1.07. The van der Waals surface area contributed by atoms with Gasteiger partial charge in [-0.3, -0.25) is 5.10 Å². The van der Waals surface area contributed by atoms with Gasteiger partial charge in [-0.05, 0) is 25.5 Å². The molecule has 0 aliphatic rings. The molecule has 2 rings (SSSR count). The first kappa shape index (κ1) is 9.78. The largest absolute Gasteiger partial charge is 0.282 e. The van der Waals surface area contributed by atoms with Crippen LogP contribution in [0.15, 0.2) is 18.2 Å². The van der Waals surface area contributed by atoms with Crippen LogP contribution in [0.25, 0.3) is 10.9 Å². The van der Waals surface area contributed by atoms with Crippen molar-refractivity contribution < 1.29 is 0 Å². The summed E-state index contributed by atoms with van der Waals surface area (Å²) in [6.07, 6.45) is 0. The third-order valence-corrected chi connectivity index (χ3v) is 1.97. The Morgan fingerprint density at radius 2 is 1.85 bits per heavy atom. The first-order valence-electron chi connectivity index (χ1n) is 4.69. The maximum atomic E-state index is 4.15. The van der Waals surface area contributed by atoms with Crippen molar-refractivity contribution in [1.82, 2.24) is 10.2 Å². The highest BCUT2D eigenvalue weighted by Crippen LogP contribution is 2.18. The number of nitrogens with zero attached hydrogens (tertiary/aromatic N) is 1. The molecule has 0 radical (unpaired) electrons. The molecular formula is C11H16N2. The molecule has 0 saturated carbocycles. The van der Waals surface area contributed by atoms with Crippen LogP contribution >= 0.6 is 0 Å². The van der Waals surface area contributed by atoms with Crippen molar-refractivity contribution in [2.75, 3.05) is 0 Å². The van der Waals surface area contributed by atoms with E-state index in [9.17, 15) is 0 Å². The third kappa shape index (κ3) is 1.72. The van der Waals surface area contributed by atoms with Gasteiger partial charge in [0.05, 0.1) is 5.52 Å². The molecule has 0 spiro atoms. The number of nitrogens with one attached hydrogen (secondary N) is 1. The Bertz CT molecular complexity index is 388. The molecule has 1 N–H and O–H groups in total. The van der Waals surface area contributed by atoms with E-state index in [2.05, 4.69) is 23.2 Å². The van der Waals surface area contributed by atoms with E-state index in [0.717, 1.165) is 11.2 Å². The zero-order valence-electron chi connectivity index (χ0n) is 8.68. The Kier molecular flexibility index (Phi) is 3.07. The zero-order valence-corrected chi connectivity index (χ0v) is 8.68. The van der Waals surface area contributed by atoms with Gasteiger partial charge in [-0.15, -0.1) is 0 Å². The summed E-state index contributed by atoms with van der Waals surface area (Å²) in [4.78, 5) is 0. The SMILES string of the molecule is CC.Cc1cccc2n[nH]c(C)c12. The van der Waals surface area contributed by atoms with Crippen LogP contribution in [0, 0.1) is 13.8 Å². The van der Waals surface area contributed by atoms with Crippen LogP contribution in [-0.4, -0.2) is 10.2 Å². The maximum Gasteiger partial charge on any atom is 0.0926 e. The quantitative estimate of drug-likeness (QED) is 0.656.